The van der Waals surface area contributed by atoms with E-state index in [0.29, 0.717) is 25.1 Å². The van der Waals surface area contributed by atoms with Crippen molar-refractivity contribution in [2.45, 2.75) is 59.1 Å². The Balaban J connectivity index is 1.71. The van der Waals surface area contributed by atoms with Gasteiger partial charge in [0.2, 0.25) is 11.8 Å². The first-order chi connectivity index (χ1) is 15.1. The molecule has 2 aromatic carbocycles. The fraction of sp³-hybridized carbons (Fsp3) is 0.400. The molecule has 0 fully saturated rings. The summed E-state index contributed by atoms with van der Waals surface area (Å²) in [7, 11) is 0. The van der Waals surface area contributed by atoms with Crippen molar-refractivity contribution in [1.82, 2.24) is 10.6 Å². The minimum atomic E-state index is -0.580. The first kappa shape index (κ1) is 24.9. The average molecular weight is 440 g/mol. The van der Waals surface area contributed by atoms with Crippen LogP contribution in [0.2, 0.25) is 0 Å². The zero-order valence-electron chi connectivity index (χ0n) is 19.3. The summed E-state index contributed by atoms with van der Waals surface area (Å²) in [5, 5.41) is 8.27. The second-order valence-electron chi connectivity index (χ2n) is 8.69. The maximum Gasteiger partial charge on any atom is 0.407 e. The highest BCUT2D eigenvalue weighted by Gasteiger charge is 2.16. The molecule has 0 unspecified atom stereocenters. The van der Waals surface area contributed by atoms with Crippen molar-refractivity contribution >= 4 is 23.6 Å². The van der Waals surface area contributed by atoms with Crippen LogP contribution in [0.25, 0.3) is 0 Å². The van der Waals surface area contributed by atoms with Crippen molar-refractivity contribution < 1.29 is 19.1 Å². The van der Waals surface area contributed by atoms with Crippen LogP contribution in [0.4, 0.5) is 10.5 Å². The molecule has 7 heteroatoms. The van der Waals surface area contributed by atoms with Crippen molar-refractivity contribution in [2.24, 2.45) is 0 Å². The summed E-state index contributed by atoms with van der Waals surface area (Å²) in [6.45, 7) is 7.93. The Hall–Kier alpha value is -3.35. The van der Waals surface area contributed by atoms with E-state index < -0.39 is 11.7 Å². The molecule has 0 radical (unpaired) electrons. The van der Waals surface area contributed by atoms with Gasteiger partial charge in [0.15, 0.2) is 0 Å². The molecule has 0 spiro atoms. The maximum absolute atomic E-state index is 12.2. The number of ether oxygens (including phenoxy) is 1. The lowest BCUT2D eigenvalue weighted by atomic mass is 10.1. The SMILES string of the molecule is Cc1ccc(CCC(=O)NCc2cccc(NC(=O)CCNC(=O)OC(C)(C)C)c2)cc1. The van der Waals surface area contributed by atoms with Crippen LogP contribution in [0, 0.1) is 6.92 Å². The Bertz CT molecular complexity index is 918. The minimum Gasteiger partial charge on any atom is -0.444 e. The molecule has 32 heavy (non-hydrogen) atoms. The molecule has 0 aliphatic heterocycles. The van der Waals surface area contributed by atoms with Crippen LogP contribution in [0.3, 0.4) is 0 Å². The quantitative estimate of drug-likeness (QED) is 0.548. The van der Waals surface area contributed by atoms with Gasteiger partial charge in [-0.1, -0.05) is 42.0 Å². The first-order valence-corrected chi connectivity index (χ1v) is 10.8. The molecular weight excluding hydrogens is 406 g/mol. The number of benzene rings is 2. The molecule has 0 aliphatic rings. The van der Waals surface area contributed by atoms with Crippen molar-refractivity contribution in [3.8, 4) is 0 Å². The standard InChI is InChI=1S/C25H33N3O4/c1-18-8-10-19(11-9-18)12-13-22(29)27-17-20-6-5-7-21(16-20)28-23(30)14-15-26-24(31)32-25(2,3)4/h5-11,16H,12-15,17H2,1-4H3,(H,26,31)(H,27,29)(H,28,30). The molecule has 7 nitrogen and oxygen atoms in total. The van der Waals surface area contributed by atoms with Crippen molar-refractivity contribution in [2.75, 3.05) is 11.9 Å². The van der Waals surface area contributed by atoms with Crippen molar-refractivity contribution in [3.05, 3.63) is 65.2 Å². The maximum atomic E-state index is 12.2. The van der Waals surface area contributed by atoms with Gasteiger partial charge in [-0.05, 0) is 57.4 Å². The Morgan fingerprint density at radius 2 is 1.59 bits per heavy atom. The van der Waals surface area contributed by atoms with Gasteiger partial charge in [0.25, 0.3) is 0 Å². The number of hydrogen-bond acceptors (Lipinski definition) is 4. The lowest BCUT2D eigenvalue weighted by Crippen LogP contribution is -2.34. The van der Waals surface area contributed by atoms with Crippen LogP contribution >= 0.6 is 0 Å². The van der Waals surface area contributed by atoms with Crippen LogP contribution < -0.4 is 16.0 Å². The van der Waals surface area contributed by atoms with Crippen LogP contribution in [-0.4, -0.2) is 30.1 Å². The summed E-state index contributed by atoms with van der Waals surface area (Å²) >= 11 is 0. The Labute approximate surface area is 189 Å². The van der Waals surface area contributed by atoms with Gasteiger partial charge < -0.3 is 20.7 Å². The van der Waals surface area contributed by atoms with E-state index in [-0.39, 0.29) is 24.8 Å². The van der Waals surface area contributed by atoms with E-state index in [2.05, 4.69) is 16.0 Å². The molecule has 0 saturated heterocycles. The summed E-state index contributed by atoms with van der Waals surface area (Å²) < 4.78 is 5.13. The van der Waals surface area contributed by atoms with E-state index >= 15 is 0 Å². The van der Waals surface area contributed by atoms with Gasteiger partial charge in [-0.3, -0.25) is 9.59 Å². The van der Waals surface area contributed by atoms with Gasteiger partial charge in [0, 0.05) is 31.6 Å². The molecule has 0 heterocycles. The third-order valence-electron chi connectivity index (χ3n) is 4.48. The number of aryl methyl sites for hydroxylation is 2. The number of carbonyl (C=O) groups is 3. The minimum absolute atomic E-state index is 0.0202. The zero-order valence-corrected chi connectivity index (χ0v) is 19.3. The molecule has 0 aromatic heterocycles. The van der Waals surface area contributed by atoms with E-state index in [0.717, 1.165) is 11.1 Å². The highest BCUT2D eigenvalue weighted by molar-refractivity contribution is 5.91. The van der Waals surface area contributed by atoms with Gasteiger partial charge in [0.1, 0.15) is 5.60 Å². The summed E-state index contributed by atoms with van der Waals surface area (Å²) in [5.41, 5.74) is 3.28. The Kier molecular flexibility index (Phi) is 9.25. The monoisotopic (exact) mass is 439 g/mol. The van der Waals surface area contributed by atoms with Gasteiger partial charge in [0.05, 0.1) is 0 Å². The predicted molar refractivity (Wildman–Crippen MR) is 125 cm³/mol. The van der Waals surface area contributed by atoms with E-state index in [1.807, 2.05) is 49.4 Å². The molecule has 3 N–H and O–H groups in total. The number of anilines is 1. The number of nitrogens with one attached hydrogen (secondary N) is 3. The first-order valence-electron chi connectivity index (χ1n) is 10.8. The highest BCUT2D eigenvalue weighted by Crippen LogP contribution is 2.12. The predicted octanol–water partition coefficient (Wildman–Crippen LogP) is 4.10. The number of carbonyl (C=O) groups excluding carboxylic acids is 3. The third kappa shape index (κ3) is 10.1. The average Bonchev–Trinajstić information content (AvgIpc) is 2.71. The lowest BCUT2D eigenvalue weighted by Gasteiger charge is -2.19. The summed E-state index contributed by atoms with van der Waals surface area (Å²) in [5.74, 6) is -0.242. The van der Waals surface area contributed by atoms with Gasteiger partial charge in [-0.2, -0.15) is 0 Å². The normalized spacial score (nSPS) is 10.9. The van der Waals surface area contributed by atoms with E-state index in [9.17, 15) is 14.4 Å². The molecule has 3 amide bonds. The number of amides is 3. The smallest absolute Gasteiger partial charge is 0.407 e. The van der Waals surface area contributed by atoms with Gasteiger partial charge >= 0.3 is 6.09 Å². The second kappa shape index (κ2) is 11.9. The number of rotatable bonds is 9. The molecule has 172 valence electrons. The van der Waals surface area contributed by atoms with Crippen LogP contribution in [0.15, 0.2) is 48.5 Å². The molecule has 2 aromatic rings. The summed E-state index contributed by atoms with van der Waals surface area (Å²) in [6, 6.07) is 15.5. The van der Waals surface area contributed by atoms with Gasteiger partial charge in [-0.25, -0.2) is 4.79 Å². The van der Waals surface area contributed by atoms with E-state index in [1.165, 1.54) is 5.56 Å². The zero-order chi connectivity index (χ0) is 23.6. The Morgan fingerprint density at radius 1 is 0.875 bits per heavy atom. The highest BCUT2D eigenvalue weighted by atomic mass is 16.6. The fourth-order valence-electron chi connectivity index (χ4n) is 2.88. The van der Waals surface area contributed by atoms with Crippen molar-refractivity contribution in [1.29, 1.82) is 0 Å². The van der Waals surface area contributed by atoms with Crippen LogP contribution in [0.1, 0.15) is 50.3 Å². The third-order valence-corrected chi connectivity index (χ3v) is 4.48. The molecule has 2 rings (SSSR count). The number of alkyl carbamates (subject to hydrolysis) is 1. The fourth-order valence-corrected chi connectivity index (χ4v) is 2.88. The van der Waals surface area contributed by atoms with Crippen molar-refractivity contribution in [3.63, 3.8) is 0 Å². The van der Waals surface area contributed by atoms with Crippen LogP contribution in [0.5, 0.6) is 0 Å². The molecule has 0 aliphatic carbocycles. The molecule has 0 bridgehead atoms. The lowest BCUT2D eigenvalue weighted by molar-refractivity contribution is -0.121. The summed E-state index contributed by atoms with van der Waals surface area (Å²) in [6.07, 6.45) is 0.688. The number of hydrogen-bond donors (Lipinski definition) is 3. The van der Waals surface area contributed by atoms with Crippen LogP contribution in [-0.2, 0) is 27.3 Å². The molecule has 0 atom stereocenters. The Morgan fingerprint density at radius 3 is 2.28 bits per heavy atom. The second-order valence-corrected chi connectivity index (χ2v) is 8.69. The van der Waals surface area contributed by atoms with E-state index in [4.69, 9.17) is 4.74 Å². The molecule has 0 saturated carbocycles. The molecular formula is C25H33N3O4. The van der Waals surface area contributed by atoms with Gasteiger partial charge in [-0.15, -0.1) is 0 Å². The van der Waals surface area contributed by atoms with E-state index in [1.54, 1.807) is 26.8 Å². The summed E-state index contributed by atoms with van der Waals surface area (Å²) in [4.78, 5) is 35.9. The topological polar surface area (TPSA) is 96.5 Å². The largest absolute Gasteiger partial charge is 0.444 e.